The number of benzene rings is 1. The quantitative estimate of drug-likeness (QED) is 0.896. The van der Waals surface area contributed by atoms with Crippen molar-refractivity contribution in [3.63, 3.8) is 0 Å². The van der Waals surface area contributed by atoms with E-state index in [1.54, 1.807) is 18.3 Å². The lowest BCUT2D eigenvalue weighted by Gasteiger charge is -2.35. The molecule has 6 nitrogen and oxygen atoms in total. The molecule has 2 N–H and O–H groups in total. The van der Waals surface area contributed by atoms with Crippen molar-refractivity contribution in [3.8, 4) is 5.75 Å². The molecule has 2 heterocycles. The standard InChI is InChI=1S/C17H20N4O2/c22-15-6-2-1-5-14(15)21-11-9-20(10-12-21)13-17(23)19-16-7-3-4-8-18-16/h1-8,22H,9-13H2,(H,18,19,23). The zero-order chi connectivity index (χ0) is 16.1. The van der Waals surface area contributed by atoms with Gasteiger partial charge in [0.25, 0.3) is 0 Å². The van der Waals surface area contributed by atoms with Crippen molar-refractivity contribution in [3.05, 3.63) is 48.7 Å². The molecule has 1 amide bonds. The first-order valence-corrected chi connectivity index (χ1v) is 7.68. The SMILES string of the molecule is O=C(CN1CCN(c2ccccc2O)CC1)Nc1ccccn1. The molecule has 0 radical (unpaired) electrons. The number of piperazine rings is 1. The number of hydrogen-bond acceptors (Lipinski definition) is 5. The lowest BCUT2D eigenvalue weighted by Crippen LogP contribution is -2.48. The molecule has 6 heteroatoms. The zero-order valence-corrected chi connectivity index (χ0v) is 12.9. The van der Waals surface area contributed by atoms with Crippen LogP contribution in [0.15, 0.2) is 48.7 Å². The van der Waals surface area contributed by atoms with Crippen molar-refractivity contribution < 1.29 is 9.90 Å². The highest BCUT2D eigenvalue weighted by Gasteiger charge is 2.20. The van der Waals surface area contributed by atoms with Crippen LogP contribution in [-0.2, 0) is 4.79 Å². The molecule has 1 aromatic carbocycles. The molecule has 23 heavy (non-hydrogen) atoms. The lowest BCUT2D eigenvalue weighted by atomic mass is 10.2. The Labute approximate surface area is 135 Å². The van der Waals surface area contributed by atoms with Crippen LogP contribution in [0.4, 0.5) is 11.5 Å². The van der Waals surface area contributed by atoms with Crippen LogP contribution in [0.2, 0.25) is 0 Å². The van der Waals surface area contributed by atoms with Crippen LogP contribution in [-0.4, -0.2) is 53.6 Å². The number of phenols is 1. The zero-order valence-electron chi connectivity index (χ0n) is 12.9. The minimum atomic E-state index is -0.0558. The van der Waals surface area contributed by atoms with Crippen LogP contribution in [0.3, 0.4) is 0 Å². The van der Waals surface area contributed by atoms with Crippen LogP contribution in [0, 0.1) is 0 Å². The third-order valence-corrected chi connectivity index (χ3v) is 3.89. The van der Waals surface area contributed by atoms with E-state index >= 15 is 0 Å². The lowest BCUT2D eigenvalue weighted by molar-refractivity contribution is -0.117. The molecule has 120 valence electrons. The maximum atomic E-state index is 12.0. The van der Waals surface area contributed by atoms with Crippen LogP contribution >= 0.6 is 0 Å². The van der Waals surface area contributed by atoms with Gasteiger partial charge in [-0.05, 0) is 24.3 Å². The van der Waals surface area contributed by atoms with E-state index in [4.69, 9.17) is 0 Å². The topological polar surface area (TPSA) is 68.7 Å². The average molecular weight is 312 g/mol. The molecule has 1 aromatic heterocycles. The molecule has 1 fully saturated rings. The number of anilines is 2. The molecular formula is C17H20N4O2. The number of nitrogens with zero attached hydrogens (tertiary/aromatic N) is 3. The van der Waals surface area contributed by atoms with Gasteiger partial charge in [0.15, 0.2) is 0 Å². The first-order valence-electron chi connectivity index (χ1n) is 7.68. The molecule has 0 aliphatic carbocycles. The first-order chi connectivity index (χ1) is 11.2. The number of pyridine rings is 1. The summed E-state index contributed by atoms with van der Waals surface area (Å²) in [5, 5.41) is 12.7. The van der Waals surface area contributed by atoms with E-state index in [1.165, 1.54) is 0 Å². The maximum Gasteiger partial charge on any atom is 0.239 e. The van der Waals surface area contributed by atoms with E-state index < -0.39 is 0 Å². The van der Waals surface area contributed by atoms with Crippen LogP contribution in [0.5, 0.6) is 5.75 Å². The number of aromatic hydroxyl groups is 1. The van der Waals surface area contributed by atoms with E-state index in [-0.39, 0.29) is 5.91 Å². The predicted octanol–water partition coefficient (Wildman–Crippen LogP) is 1.55. The molecule has 0 bridgehead atoms. The normalized spacial score (nSPS) is 15.4. The summed E-state index contributed by atoms with van der Waals surface area (Å²) in [5.74, 6) is 0.818. The molecule has 0 saturated carbocycles. The van der Waals surface area contributed by atoms with Crippen LogP contribution < -0.4 is 10.2 Å². The smallest absolute Gasteiger partial charge is 0.239 e. The Bertz CT molecular complexity index is 655. The molecule has 0 unspecified atom stereocenters. The van der Waals surface area contributed by atoms with Crippen molar-refractivity contribution >= 4 is 17.4 Å². The third-order valence-electron chi connectivity index (χ3n) is 3.89. The van der Waals surface area contributed by atoms with Gasteiger partial charge in [-0.1, -0.05) is 18.2 Å². The summed E-state index contributed by atoms with van der Waals surface area (Å²) >= 11 is 0. The Morgan fingerprint density at radius 2 is 1.83 bits per heavy atom. The molecule has 1 saturated heterocycles. The van der Waals surface area contributed by atoms with E-state index in [2.05, 4.69) is 20.1 Å². The monoisotopic (exact) mass is 312 g/mol. The van der Waals surface area contributed by atoms with Gasteiger partial charge >= 0.3 is 0 Å². The summed E-state index contributed by atoms with van der Waals surface area (Å²) in [6.45, 7) is 3.49. The number of carbonyl (C=O) groups is 1. The van der Waals surface area contributed by atoms with Gasteiger partial charge in [-0.2, -0.15) is 0 Å². The van der Waals surface area contributed by atoms with Crippen molar-refractivity contribution in [2.45, 2.75) is 0 Å². The van der Waals surface area contributed by atoms with Gasteiger partial charge in [0.2, 0.25) is 5.91 Å². The number of phenolic OH excluding ortho intramolecular Hbond substituents is 1. The first kappa shape index (κ1) is 15.3. The van der Waals surface area contributed by atoms with E-state index in [1.807, 2.05) is 30.3 Å². The van der Waals surface area contributed by atoms with Gasteiger partial charge in [0.05, 0.1) is 12.2 Å². The summed E-state index contributed by atoms with van der Waals surface area (Å²) in [7, 11) is 0. The average Bonchev–Trinajstić information content (AvgIpc) is 2.57. The van der Waals surface area contributed by atoms with Crippen molar-refractivity contribution in [2.24, 2.45) is 0 Å². The van der Waals surface area contributed by atoms with Crippen molar-refractivity contribution in [2.75, 3.05) is 42.9 Å². The van der Waals surface area contributed by atoms with Gasteiger partial charge in [-0.3, -0.25) is 9.69 Å². The third kappa shape index (κ3) is 3.98. The molecule has 2 aromatic rings. The number of hydrogen-bond donors (Lipinski definition) is 2. The van der Waals surface area contributed by atoms with Crippen LogP contribution in [0.25, 0.3) is 0 Å². The summed E-state index contributed by atoms with van der Waals surface area (Å²) in [4.78, 5) is 20.4. The minimum absolute atomic E-state index is 0.0558. The largest absolute Gasteiger partial charge is 0.506 e. The minimum Gasteiger partial charge on any atom is -0.506 e. The van der Waals surface area contributed by atoms with Crippen molar-refractivity contribution in [1.82, 2.24) is 9.88 Å². The fourth-order valence-corrected chi connectivity index (χ4v) is 2.70. The summed E-state index contributed by atoms with van der Waals surface area (Å²) < 4.78 is 0. The Hall–Kier alpha value is -2.60. The fraction of sp³-hybridized carbons (Fsp3) is 0.294. The van der Waals surface area contributed by atoms with Gasteiger partial charge in [0, 0.05) is 32.4 Å². The summed E-state index contributed by atoms with van der Waals surface area (Å²) in [5.41, 5.74) is 0.852. The van der Waals surface area contributed by atoms with Gasteiger partial charge in [0.1, 0.15) is 11.6 Å². The van der Waals surface area contributed by atoms with E-state index in [0.717, 1.165) is 31.9 Å². The van der Waals surface area contributed by atoms with Gasteiger partial charge < -0.3 is 15.3 Å². The number of para-hydroxylation sites is 2. The molecular weight excluding hydrogens is 292 g/mol. The van der Waals surface area contributed by atoms with Crippen molar-refractivity contribution in [1.29, 1.82) is 0 Å². The predicted molar refractivity (Wildman–Crippen MR) is 89.6 cm³/mol. The van der Waals surface area contributed by atoms with E-state index in [0.29, 0.717) is 18.1 Å². The Kier molecular flexibility index (Phi) is 4.73. The maximum absolute atomic E-state index is 12.0. The summed E-state index contributed by atoms with van der Waals surface area (Å²) in [6, 6.07) is 12.8. The van der Waals surface area contributed by atoms with E-state index in [9.17, 15) is 9.90 Å². The Morgan fingerprint density at radius 3 is 2.52 bits per heavy atom. The number of rotatable bonds is 4. The highest BCUT2D eigenvalue weighted by molar-refractivity contribution is 5.91. The number of aromatic nitrogens is 1. The number of carbonyl (C=O) groups excluding carboxylic acids is 1. The molecule has 0 atom stereocenters. The summed E-state index contributed by atoms with van der Waals surface area (Å²) in [6.07, 6.45) is 1.65. The second-order valence-electron chi connectivity index (χ2n) is 5.52. The second-order valence-corrected chi connectivity index (χ2v) is 5.52. The van der Waals surface area contributed by atoms with Gasteiger partial charge in [-0.15, -0.1) is 0 Å². The van der Waals surface area contributed by atoms with Crippen LogP contribution in [0.1, 0.15) is 0 Å². The highest BCUT2D eigenvalue weighted by atomic mass is 16.3. The Morgan fingerprint density at radius 1 is 1.09 bits per heavy atom. The molecule has 1 aliphatic heterocycles. The number of nitrogens with one attached hydrogen (secondary N) is 1. The highest BCUT2D eigenvalue weighted by Crippen LogP contribution is 2.27. The fourth-order valence-electron chi connectivity index (χ4n) is 2.70. The second kappa shape index (κ2) is 7.11. The number of amides is 1. The molecule has 0 spiro atoms. The Balaban J connectivity index is 1.49. The molecule has 1 aliphatic rings. The van der Waals surface area contributed by atoms with Gasteiger partial charge in [-0.25, -0.2) is 4.98 Å². The molecule has 3 rings (SSSR count).